The molecule has 2 radical (unpaired) electrons. The molecule has 0 saturated carbocycles. The van der Waals surface area contributed by atoms with Crippen molar-refractivity contribution in [3.8, 4) is 0 Å². The largest absolute Gasteiger partial charge is 0.416 e. The monoisotopic (exact) mass is 350 g/mol. The zero-order valence-corrected chi connectivity index (χ0v) is 14.4. The minimum Gasteiger partial charge on any atom is -0.356 e. The lowest BCUT2D eigenvalue weighted by molar-refractivity contribution is -0.0883. The van der Waals surface area contributed by atoms with Crippen LogP contribution in [0.3, 0.4) is 0 Å². The van der Waals surface area contributed by atoms with Gasteiger partial charge in [-0.15, -0.1) is 11.8 Å². The van der Waals surface area contributed by atoms with Crippen molar-refractivity contribution in [2.45, 2.75) is 18.0 Å². The van der Waals surface area contributed by atoms with Crippen LogP contribution in [-0.4, -0.2) is 50.6 Å². The Morgan fingerprint density at radius 1 is 1.29 bits per heavy atom. The predicted molar refractivity (Wildman–Crippen MR) is 94.8 cm³/mol. The molecule has 24 heavy (non-hydrogen) atoms. The molecule has 0 atom stereocenters. The Labute approximate surface area is 145 Å². The number of rotatable bonds is 3. The van der Waals surface area contributed by atoms with Crippen molar-refractivity contribution in [3.63, 3.8) is 0 Å². The zero-order valence-electron chi connectivity index (χ0n) is 13.6. The number of hydrogen-bond acceptors (Lipinski definition) is 3. The van der Waals surface area contributed by atoms with Crippen LogP contribution >= 0.6 is 11.8 Å². The minimum absolute atomic E-state index is 0.0522. The zero-order chi connectivity index (χ0) is 17.7. The highest BCUT2D eigenvalue weighted by molar-refractivity contribution is 7.99. The van der Waals surface area contributed by atoms with Crippen LogP contribution < -0.4 is 0 Å². The second kappa shape index (κ2) is 7.97. The van der Waals surface area contributed by atoms with E-state index in [0.29, 0.717) is 5.84 Å². The van der Waals surface area contributed by atoms with E-state index in [-0.39, 0.29) is 18.6 Å². The van der Waals surface area contributed by atoms with E-state index in [1.54, 1.807) is 23.7 Å². The van der Waals surface area contributed by atoms with Crippen molar-refractivity contribution < 1.29 is 13.2 Å². The lowest BCUT2D eigenvalue weighted by atomic mass is 9.92. The maximum atomic E-state index is 13.0. The minimum atomic E-state index is -4.43. The van der Waals surface area contributed by atoms with Gasteiger partial charge in [0.15, 0.2) is 0 Å². The van der Waals surface area contributed by atoms with Crippen molar-refractivity contribution in [1.82, 2.24) is 4.90 Å². The number of allylic oxidation sites excluding steroid dienone is 2. The van der Waals surface area contributed by atoms with Crippen molar-refractivity contribution in [1.29, 1.82) is 0 Å². The fourth-order valence-electron chi connectivity index (χ4n) is 2.43. The summed E-state index contributed by atoms with van der Waals surface area (Å²) in [7, 11) is 7.59. The Balaban J connectivity index is 2.45. The molecule has 1 aliphatic heterocycles. The topological polar surface area (TPSA) is 15.6 Å². The van der Waals surface area contributed by atoms with Crippen LogP contribution in [0.15, 0.2) is 57.4 Å². The summed E-state index contributed by atoms with van der Waals surface area (Å²) in [6.07, 6.45) is -2.37. The van der Waals surface area contributed by atoms with Gasteiger partial charge in [-0.1, -0.05) is 42.7 Å². The number of benzene rings is 1. The molecule has 1 aliphatic rings. The van der Waals surface area contributed by atoms with E-state index in [4.69, 9.17) is 7.85 Å². The van der Waals surface area contributed by atoms with Gasteiger partial charge < -0.3 is 4.90 Å². The average molecular weight is 350 g/mol. The Hall–Kier alpha value is -1.63. The second-order valence-corrected chi connectivity index (χ2v) is 6.63. The first-order valence-electron chi connectivity index (χ1n) is 7.54. The maximum Gasteiger partial charge on any atom is 0.416 e. The van der Waals surface area contributed by atoms with Crippen LogP contribution in [0.2, 0.25) is 0 Å². The average Bonchev–Trinajstić information content (AvgIpc) is 2.57. The Morgan fingerprint density at radius 3 is 2.67 bits per heavy atom. The van der Waals surface area contributed by atoms with Gasteiger partial charge in [-0.25, -0.2) is 0 Å². The maximum absolute atomic E-state index is 13.0. The van der Waals surface area contributed by atoms with Gasteiger partial charge in [0.1, 0.15) is 13.7 Å². The molecule has 0 N–H and O–H groups in total. The summed E-state index contributed by atoms with van der Waals surface area (Å²) in [5, 5.41) is 0. The smallest absolute Gasteiger partial charge is 0.356 e. The first kappa shape index (κ1) is 18.7. The number of alkyl halides is 3. The fourth-order valence-corrected chi connectivity index (χ4v) is 3.23. The molecular formula is C17H18BF3N2S. The van der Waals surface area contributed by atoms with E-state index in [2.05, 4.69) is 11.9 Å². The molecule has 2 rings (SSSR count). The summed E-state index contributed by atoms with van der Waals surface area (Å²) in [4.78, 5) is 7.23. The standard InChI is InChI=1S/C17H18BF3N2S/c1-3-24-15-7-5-4-6-14(15)16-22-9-8-12(17(19,20)21)10-13(18)11-23(16)2/h4-8,10H,3,9,11H2,1-2H3/b12-8+,13-10+,22-16?. The first-order chi connectivity index (χ1) is 11.3. The molecule has 0 aromatic heterocycles. The van der Waals surface area contributed by atoms with Gasteiger partial charge in [0.2, 0.25) is 0 Å². The van der Waals surface area contributed by atoms with Gasteiger partial charge in [0.25, 0.3) is 0 Å². The van der Waals surface area contributed by atoms with E-state index in [1.807, 2.05) is 24.3 Å². The van der Waals surface area contributed by atoms with Crippen molar-refractivity contribution in [3.05, 3.63) is 53.0 Å². The molecule has 0 bridgehead atoms. The van der Waals surface area contributed by atoms with Gasteiger partial charge in [0.05, 0.1) is 12.1 Å². The van der Waals surface area contributed by atoms with Crippen LogP contribution in [0.5, 0.6) is 0 Å². The Morgan fingerprint density at radius 2 is 2.00 bits per heavy atom. The van der Waals surface area contributed by atoms with E-state index in [1.165, 1.54) is 0 Å². The van der Waals surface area contributed by atoms with Crippen molar-refractivity contribution in [2.75, 3.05) is 25.9 Å². The number of thioether (sulfide) groups is 1. The van der Waals surface area contributed by atoms with E-state index >= 15 is 0 Å². The molecule has 7 heteroatoms. The molecule has 1 aromatic carbocycles. The van der Waals surface area contributed by atoms with Gasteiger partial charge in [-0.05, 0) is 11.8 Å². The molecule has 0 spiro atoms. The first-order valence-corrected chi connectivity index (χ1v) is 8.52. The summed E-state index contributed by atoms with van der Waals surface area (Å²) in [6, 6.07) is 7.75. The molecule has 2 nitrogen and oxygen atoms in total. The fraction of sp³-hybridized carbons (Fsp3) is 0.353. The molecule has 0 fully saturated rings. The summed E-state index contributed by atoms with van der Waals surface area (Å²) in [5.41, 5.74) is 0.300. The van der Waals surface area contributed by atoms with E-state index < -0.39 is 11.7 Å². The highest BCUT2D eigenvalue weighted by Gasteiger charge is 2.32. The molecule has 0 saturated heterocycles. The van der Waals surface area contributed by atoms with Crippen molar-refractivity contribution in [2.24, 2.45) is 4.99 Å². The third-order valence-corrected chi connectivity index (χ3v) is 4.39. The van der Waals surface area contributed by atoms with Gasteiger partial charge in [-0.3, -0.25) is 4.99 Å². The molecule has 1 heterocycles. The molecule has 1 aromatic rings. The SMILES string of the molecule is [B]/C1=C/C(C(F)(F)F)=C\CN=C(c2ccccc2SCC)N(C)C1. The van der Waals surface area contributed by atoms with Crippen molar-refractivity contribution >= 4 is 25.4 Å². The molecule has 0 unspecified atom stereocenters. The number of halogens is 3. The Bertz CT molecular complexity index is 681. The summed E-state index contributed by atoms with van der Waals surface area (Å²) < 4.78 is 39.0. The number of likely N-dealkylation sites (N-methyl/N-ethyl adjacent to an activating group) is 1. The van der Waals surface area contributed by atoms with E-state index in [0.717, 1.165) is 28.4 Å². The second-order valence-electron chi connectivity index (χ2n) is 5.33. The third-order valence-electron chi connectivity index (χ3n) is 3.43. The van der Waals surface area contributed by atoms with Crippen LogP contribution in [0.1, 0.15) is 12.5 Å². The van der Waals surface area contributed by atoms with Gasteiger partial charge >= 0.3 is 6.18 Å². The van der Waals surface area contributed by atoms with Crippen LogP contribution in [0, 0.1) is 0 Å². The van der Waals surface area contributed by atoms with Crippen LogP contribution in [0.25, 0.3) is 0 Å². The molecule has 0 amide bonds. The molecular weight excluding hydrogens is 332 g/mol. The normalized spacial score (nSPS) is 20.9. The van der Waals surface area contributed by atoms with Crippen LogP contribution in [0.4, 0.5) is 13.2 Å². The Kier molecular flexibility index (Phi) is 6.21. The third kappa shape index (κ3) is 4.69. The predicted octanol–water partition coefficient (Wildman–Crippen LogP) is 4.03. The number of nitrogens with zero attached hydrogens (tertiary/aromatic N) is 2. The summed E-state index contributed by atoms with van der Waals surface area (Å²) in [6.45, 7) is 2.18. The number of amidine groups is 1. The quantitative estimate of drug-likeness (QED) is 0.604. The summed E-state index contributed by atoms with van der Waals surface area (Å²) in [5.74, 6) is 1.54. The summed E-state index contributed by atoms with van der Waals surface area (Å²) >= 11 is 1.67. The number of hydrogen-bond donors (Lipinski definition) is 0. The molecule has 126 valence electrons. The van der Waals surface area contributed by atoms with Gasteiger partial charge in [0, 0.05) is 24.1 Å². The highest BCUT2D eigenvalue weighted by Crippen LogP contribution is 2.28. The lowest BCUT2D eigenvalue weighted by Crippen LogP contribution is -2.30. The lowest BCUT2D eigenvalue weighted by Gasteiger charge is -2.23. The number of aliphatic imine (C=N–C) groups is 1. The van der Waals surface area contributed by atoms with E-state index in [9.17, 15) is 13.2 Å². The van der Waals surface area contributed by atoms with Gasteiger partial charge in [-0.2, -0.15) is 13.2 Å². The van der Waals surface area contributed by atoms with Crippen LogP contribution in [-0.2, 0) is 0 Å². The highest BCUT2D eigenvalue weighted by atomic mass is 32.2. The molecule has 0 aliphatic carbocycles.